The molecule has 2 saturated heterocycles. The maximum atomic E-state index is 14.4. The molecule has 10 atom stereocenters. The van der Waals surface area contributed by atoms with Crippen LogP contribution in [-0.2, 0) is 52.3 Å². The number of hydrogen-bond donors (Lipinski definition) is 3. The summed E-state index contributed by atoms with van der Waals surface area (Å²) in [6, 6.07) is 0. The van der Waals surface area contributed by atoms with Gasteiger partial charge in [0.15, 0.2) is 37.1 Å². The third-order valence-corrected chi connectivity index (χ3v) is 5.01. The van der Waals surface area contributed by atoms with Crippen molar-refractivity contribution in [3.05, 3.63) is 0 Å². The van der Waals surface area contributed by atoms with E-state index in [-0.39, 0.29) is 0 Å². The van der Waals surface area contributed by atoms with Crippen LogP contribution >= 0.6 is 0 Å². The van der Waals surface area contributed by atoms with Gasteiger partial charge in [0.05, 0.1) is 6.61 Å². The SMILES string of the molecule is CC(=O)OC[C@H]1O[C@@H](OC[C@H]2O[C@@H](O)[C@H](O)[C@@H](O)[C@H]2F)[C@H](OC(C)=O)[C@@H](OC(C)=O)[C@H]1OC(C)=O. The molecule has 2 heterocycles. The molecule has 2 rings (SSSR count). The average Bonchev–Trinajstić information content (AvgIpc) is 2.75. The van der Waals surface area contributed by atoms with Crippen LogP contribution in [0.1, 0.15) is 27.7 Å². The number of carbonyl (C=O) groups excluding carboxylic acids is 4. The molecule has 0 spiro atoms. The number of esters is 4. The van der Waals surface area contributed by atoms with Gasteiger partial charge in [-0.15, -0.1) is 0 Å². The zero-order chi connectivity index (χ0) is 26.4. The first kappa shape index (κ1) is 28.8. The van der Waals surface area contributed by atoms with Gasteiger partial charge in [0.1, 0.15) is 31.0 Å². The van der Waals surface area contributed by atoms with Gasteiger partial charge < -0.3 is 48.5 Å². The summed E-state index contributed by atoms with van der Waals surface area (Å²) in [7, 11) is 0. The predicted molar refractivity (Wildman–Crippen MR) is 106 cm³/mol. The third-order valence-electron chi connectivity index (χ3n) is 5.01. The topological polar surface area (TPSA) is 194 Å². The first-order chi connectivity index (χ1) is 16.3. The Hall–Kier alpha value is -2.43. The van der Waals surface area contributed by atoms with E-state index >= 15 is 0 Å². The fourth-order valence-electron chi connectivity index (χ4n) is 3.56. The average molecular weight is 512 g/mol. The lowest BCUT2D eigenvalue weighted by Gasteiger charge is -2.44. The number of aliphatic hydroxyl groups excluding tert-OH is 3. The van der Waals surface area contributed by atoms with Crippen molar-refractivity contribution in [2.45, 2.75) is 89.2 Å². The lowest BCUT2D eigenvalue weighted by Crippen LogP contribution is -2.63. The van der Waals surface area contributed by atoms with Crippen molar-refractivity contribution < 1.29 is 72.0 Å². The van der Waals surface area contributed by atoms with Crippen molar-refractivity contribution in [3.63, 3.8) is 0 Å². The first-order valence-electron chi connectivity index (χ1n) is 10.6. The Morgan fingerprint density at radius 2 is 1.26 bits per heavy atom. The Kier molecular flexibility index (Phi) is 10.3. The quantitative estimate of drug-likeness (QED) is 0.236. The van der Waals surface area contributed by atoms with Crippen molar-refractivity contribution in [1.29, 1.82) is 0 Å². The van der Waals surface area contributed by atoms with Crippen molar-refractivity contribution in [2.75, 3.05) is 13.2 Å². The molecule has 200 valence electrons. The smallest absolute Gasteiger partial charge is 0.303 e. The minimum atomic E-state index is -2.18. The van der Waals surface area contributed by atoms with E-state index in [0.717, 1.165) is 27.7 Å². The Labute approximate surface area is 199 Å². The van der Waals surface area contributed by atoms with Crippen LogP contribution in [0.2, 0.25) is 0 Å². The van der Waals surface area contributed by atoms with Gasteiger partial charge >= 0.3 is 23.9 Å². The van der Waals surface area contributed by atoms with E-state index in [0.29, 0.717) is 0 Å². The second-order valence-corrected chi connectivity index (χ2v) is 7.89. The summed E-state index contributed by atoms with van der Waals surface area (Å²) in [5, 5.41) is 28.9. The number of carbonyl (C=O) groups is 4. The molecule has 2 aliphatic heterocycles. The fraction of sp³-hybridized carbons (Fsp3) is 0.800. The van der Waals surface area contributed by atoms with Crippen LogP contribution in [0.25, 0.3) is 0 Å². The first-order valence-corrected chi connectivity index (χ1v) is 10.6. The molecule has 0 aromatic carbocycles. The van der Waals surface area contributed by atoms with Gasteiger partial charge in [0.2, 0.25) is 0 Å². The minimum Gasteiger partial charge on any atom is -0.463 e. The van der Waals surface area contributed by atoms with E-state index in [1.165, 1.54) is 0 Å². The highest BCUT2D eigenvalue weighted by atomic mass is 19.1. The van der Waals surface area contributed by atoms with Crippen LogP contribution in [0.4, 0.5) is 4.39 Å². The van der Waals surface area contributed by atoms with Gasteiger partial charge in [-0.1, -0.05) is 0 Å². The van der Waals surface area contributed by atoms with E-state index in [4.69, 9.17) is 33.2 Å². The molecule has 0 saturated carbocycles. The van der Waals surface area contributed by atoms with Crippen LogP contribution in [0.15, 0.2) is 0 Å². The zero-order valence-corrected chi connectivity index (χ0v) is 19.4. The molecule has 2 aliphatic rings. The van der Waals surface area contributed by atoms with Gasteiger partial charge in [-0.25, -0.2) is 4.39 Å². The van der Waals surface area contributed by atoms with E-state index in [1.54, 1.807) is 0 Å². The molecule has 2 fully saturated rings. The number of ether oxygens (including phenoxy) is 7. The monoisotopic (exact) mass is 512 g/mol. The van der Waals surface area contributed by atoms with Crippen molar-refractivity contribution in [2.24, 2.45) is 0 Å². The molecule has 0 unspecified atom stereocenters. The molecular formula is C20H29FO14. The standard InChI is InChI=1S/C20H29FO14/c1-7(22)29-6-12-16(31-8(2)23)17(32-9(3)24)18(33-10(4)25)20(35-12)30-5-11-13(21)14(26)15(27)19(28)34-11/h11-20,26-28H,5-6H2,1-4H3/t11-,12-,13+,14+,15-,16+,17+,18-,19-,20-/m1/s1. The predicted octanol–water partition coefficient (Wildman–Crippen LogP) is -2.14. The van der Waals surface area contributed by atoms with Crippen molar-refractivity contribution in [1.82, 2.24) is 0 Å². The fourth-order valence-corrected chi connectivity index (χ4v) is 3.56. The van der Waals surface area contributed by atoms with Crippen molar-refractivity contribution >= 4 is 23.9 Å². The summed E-state index contributed by atoms with van der Waals surface area (Å²) in [4.78, 5) is 46.6. The summed E-state index contributed by atoms with van der Waals surface area (Å²) in [6.45, 7) is 3.05. The molecule has 0 aliphatic carbocycles. The summed E-state index contributed by atoms with van der Waals surface area (Å²) >= 11 is 0. The molecule has 0 radical (unpaired) electrons. The van der Waals surface area contributed by atoms with E-state index in [1.807, 2.05) is 0 Å². The lowest BCUT2D eigenvalue weighted by molar-refractivity contribution is -0.325. The van der Waals surface area contributed by atoms with Gasteiger partial charge in [-0.05, 0) is 0 Å². The maximum absolute atomic E-state index is 14.4. The van der Waals surface area contributed by atoms with Crippen LogP contribution in [0.3, 0.4) is 0 Å². The summed E-state index contributed by atoms with van der Waals surface area (Å²) in [5.41, 5.74) is 0. The molecule has 15 heteroatoms. The normalized spacial score (nSPS) is 37.1. The number of rotatable bonds is 8. The molecule has 14 nitrogen and oxygen atoms in total. The Balaban J connectivity index is 2.32. The zero-order valence-electron chi connectivity index (χ0n) is 19.4. The Morgan fingerprint density at radius 1 is 0.714 bits per heavy atom. The highest BCUT2D eigenvalue weighted by Crippen LogP contribution is 2.31. The second kappa shape index (κ2) is 12.5. The van der Waals surface area contributed by atoms with Gasteiger partial charge in [-0.3, -0.25) is 19.2 Å². The highest BCUT2D eigenvalue weighted by molar-refractivity contribution is 5.68. The summed E-state index contributed by atoms with van der Waals surface area (Å²) in [6.07, 6.45) is -16.9. The molecule has 0 aromatic rings. The van der Waals surface area contributed by atoms with E-state index in [9.17, 15) is 38.9 Å². The molecule has 0 aromatic heterocycles. The Bertz CT molecular complexity index is 777. The van der Waals surface area contributed by atoms with Crippen LogP contribution in [0.5, 0.6) is 0 Å². The molecule has 3 N–H and O–H groups in total. The number of alkyl halides is 1. The van der Waals surface area contributed by atoms with Gasteiger partial charge in [0, 0.05) is 27.7 Å². The number of halogens is 1. The lowest BCUT2D eigenvalue weighted by atomic mass is 9.97. The molecule has 0 amide bonds. The minimum absolute atomic E-state index is 0.493. The number of aliphatic hydroxyl groups is 3. The van der Waals surface area contributed by atoms with Crippen LogP contribution in [0, 0.1) is 0 Å². The summed E-state index contributed by atoms with van der Waals surface area (Å²) < 4.78 is 51.1. The van der Waals surface area contributed by atoms with Crippen LogP contribution < -0.4 is 0 Å². The van der Waals surface area contributed by atoms with Gasteiger partial charge in [0.25, 0.3) is 0 Å². The molecule has 35 heavy (non-hydrogen) atoms. The number of hydrogen-bond acceptors (Lipinski definition) is 14. The maximum Gasteiger partial charge on any atom is 0.303 e. The van der Waals surface area contributed by atoms with E-state index in [2.05, 4.69) is 0 Å². The van der Waals surface area contributed by atoms with Crippen molar-refractivity contribution in [3.8, 4) is 0 Å². The Morgan fingerprint density at radius 3 is 1.80 bits per heavy atom. The van der Waals surface area contributed by atoms with E-state index < -0.39 is 98.6 Å². The largest absolute Gasteiger partial charge is 0.463 e. The highest BCUT2D eigenvalue weighted by Gasteiger charge is 2.53. The third kappa shape index (κ3) is 7.78. The molecular weight excluding hydrogens is 483 g/mol. The van der Waals surface area contributed by atoms with Gasteiger partial charge in [-0.2, -0.15) is 0 Å². The summed E-state index contributed by atoms with van der Waals surface area (Å²) in [5.74, 6) is -3.25. The van der Waals surface area contributed by atoms with Crippen LogP contribution in [-0.4, -0.2) is 114 Å². The second-order valence-electron chi connectivity index (χ2n) is 7.89. The molecule has 0 bridgehead atoms.